The summed E-state index contributed by atoms with van der Waals surface area (Å²) in [6, 6.07) is 17.4. The lowest BCUT2D eigenvalue weighted by atomic mass is 10.0. The molecular weight excluding hydrogens is 321 g/mol. The molecule has 0 aliphatic rings. The minimum atomic E-state index is 0. The molecule has 1 aromatic heterocycles. The Hall–Kier alpha value is -1.35. The summed E-state index contributed by atoms with van der Waals surface area (Å²) in [7, 11) is 0. The maximum atomic E-state index is 4.33. The van der Waals surface area contributed by atoms with Crippen molar-refractivity contribution in [2.45, 2.75) is 13.3 Å². The fourth-order valence-electron chi connectivity index (χ4n) is 2.10. The third-order valence-electron chi connectivity index (χ3n) is 3.26. The molecule has 2 aromatic carbocycles. The molecule has 0 saturated carbocycles. The van der Waals surface area contributed by atoms with E-state index in [0.29, 0.717) is 0 Å². The summed E-state index contributed by atoms with van der Waals surface area (Å²) in [6.07, 6.45) is 2.93. The summed E-state index contributed by atoms with van der Waals surface area (Å²) in [5.41, 5.74) is 5.08. The first-order valence-corrected chi connectivity index (χ1v) is 7.34. The highest BCUT2D eigenvalue weighted by Crippen LogP contribution is 2.26. The van der Waals surface area contributed by atoms with Gasteiger partial charge in [0.05, 0.1) is 0 Å². The Labute approximate surface area is 141 Å². The highest BCUT2D eigenvalue weighted by molar-refractivity contribution is 7.13. The fourth-order valence-corrected chi connectivity index (χ4v) is 2.75. The maximum absolute atomic E-state index is 4.33. The lowest BCUT2D eigenvalue weighted by molar-refractivity contribution is 1.14. The van der Waals surface area contributed by atoms with E-state index >= 15 is 0 Å². The normalized spacial score (nSPS) is 9.57. The molecule has 0 aliphatic carbocycles. The zero-order valence-corrected chi connectivity index (χ0v) is 14.1. The quantitative estimate of drug-likeness (QED) is 0.581. The zero-order valence-electron chi connectivity index (χ0n) is 11.7. The number of aryl methyl sites for hydroxylation is 1. The van der Waals surface area contributed by atoms with E-state index in [-0.39, 0.29) is 24.8 Å². The lowest BCUT2D eigenvalue weighted by Gasteiger charge is -2.04. The number of rotatable bonds is 3. The average Bonchev–Trinajstić information content (AvgIpc) is 3.02. The third kappa shape index (κ3) is 4.07. The summed E-state index contributed by atoms with van der Waals surface area (Å²) in [5, 5.41) is 3.08. The van der Waals surface area contributed by atoms with Crippen molar-refractivity contribution in [1.82, 2.24) is 4.98 Å². The monoisotopic (exact) mass is 337 g/mol. The molecule has 0 aliphatic heterocycles. The summed E-state index contributed by atoms with van der Waals surface area (Å²) in [4.78, 5) is 4.33. The highest BCUT2D eigenvalue weighted by Gasteiger charge is 2.02. The predicted molar refractivity (Wildman–Crippen MR) is 96.9 cm³/mol. The van der Waals surface area contributed by atoms with Gasteiger partial charge in [-0.2, -0.15) is 0 Å². The van der Waals surface area contributed by atoms with Gasteiger partial charge in [-0.3, -0.25) is 0 Å². The van der Waals surface area contributed by atoms with Crippen LogP contribution in [0.3, 0.4) is 0 Å². The number of hydrogen-bond donors (Lipinski definition) is 0. The number of hydrogen-bond acceptors (Lipinski definition) is 2. The fraction of sp³-hybridized carbons (Fsp3) is 0.118. The summed E-state index contributed by atoms with van der Waals surface area (Å²) < 4.78 is 0. The van der Waals surface area contributed by atoms with Crippen LogP contribution in [0.2, 0.25) is 0 Å². The standard InChI is InChI=1S/C17H15NS.2ClH/c1-2-13-3-5-14(6-4-13)15-7-9-16(10-8-15)17-18-11-12-19-17;;/h3-12H,2H2,1H3;2*1H. The summed E-state index contributed by atoms with van der Waals surface area (Å²) >= 11 is 1.67. The minimum absolute atomic E-state index is 0. The minimum Gasteiger partial charge on any atom is -0.245 e. The van der Waals surface area contributed by atoms with Crippen LogP contribution in [0.25, 0.3) is 21.7 Å². The van der Waals surface area contributed by atoms with E-state index in [1.807, 2.05) is 11.6 Å². The second-order valence-corrected chi connectivity index (χ2v) is 5.36. The van der Waals surface area contributed by atoms with Gasteiger partial charge in [-0.25, -0.2) is 4.98 Å². The van der Waals surface area contributed by atoms with Crippen molar-refractivity contribution >= 4 is 36.2 Å². The first-order chi connectivity index (χ1) is 9.36. The molecule has 1 nitrogen and oxygen atoms in total. The van der Waals surface area contributed by atoms with Crippen molar-refractivity contribution in [3.8, 4) is 21.7 Å². The number of nitrogens with zero attached hydrogens (tertiary/aromatic N) is 1. The van der Waals surface area contributed by atoms with E-state index in [4.69, 9.17) is 0 Å². The van der Waals surface area contributed by atoms with Gasteiger partial charge in [0.25, 0.3) is 0 Å². The van der Waals surface area contributed by atoms with Crippen molar-refractivity contribution in [2.75, 3.05) is 0 Å². The molecule has 1 heterocycles. The molecule has 3 aromatic rings. The van der Waals surface area contributed by atoms with Crippen molar-refractivity contribution in [2.24, 2.45) is 0 Å². The molecule has 0 N–H and O–H groups in total. The van der Waals surface area contributed by atoms with Gasteiger partial charge < -0.3 is 0 Å². The van der Waals surface area contributed by atoms with E-state index in [9.17, 15) is 0 Å². The van der Waals surface area contributed by atoms with E-state index in [1.54, 1.807) is 11.3 Å². The van der Waals surface area contributed by atoms with Crippen LogP contribution in [0.1, 0.15) is 12.5 Å². The van der Waals surface area contributed by atoms with Gasteiger partial charge in [0.15, 0.2) is 0 Å². The van der Waals surface area contributed by atoms with Crippen LogP contribution in [-0.4, -0.2) is 4.98 Å². The van der Waals surface area contributed by atoms with Gasteiger partial charge in [-0.05, 0) is 23.1 Å². The average molecular weight is 338 g/mol. The van der Waals surface area contributed by atoms with Crippen LogP contribution in [0.5, 0.6) is 0 Å². The molecule has 110 valence electrons. The third-order valence-corrected chi connectivity index (χ3v) is 4.08. The van der Waals surface area contributed by atoms with Crippen LogP contribution < -0.4 is 0 Å². The number of benzene rings is 2. The smallest absolute Gasteiger partial charge is 0.123 e. The molecule has 0 atom stereocenters. The Balaban J connectivity index is 0.00000110. The lowest BCUT2D eigenvalue weighted by Crippen LogP contribution is -1.82. The Morgan fingerprint density at radius 2 is 1.33 bits per heavy atom. The van der Waals surface area contributed by atoms with Gasteiger partial charge in [0, 0.05) is 17.1 Å². The Bertz CT molecular complexity index is 646. The Morgan fingerprint density at radius 1 is 0.810 bits per heavy atom. The SMILES string of the molecule is CCc1ccc(-c2ccc(-c3nccs3)cc2)cc1.Cl.Cl. The first-order valence-electron chi connectivity index (χ1n) is 6.46. The molecule has 21 heavy (non-hydrogen) atoms. The van der Waals surface area contributed by atoms with Crippen molar-refractivity contribution in [1.29, 1.82) is 0 Å². The molecule has 0 unspecified atom stereocenters. The first kappa shape index (κ1) is 17.7. The molecule has 0 fully saturated rings. The Morgan fingerprint density at radius 3 is 1.81 bits per heavy atom. The topological polar surface area (TPSA) is 12.9 Å². The summed E-state index contributed by atoms with van der Waals surface area (Å²) in [5.74, 6) is 0. The van der Waals surface area contributed by atoms with Crippen LogP contribution in [0.15, 0.2) is 60.1 Å². The van der Waals surface area contributed by atoms with E-state index < -0.39 is 0 Å². The van der Waals surface area contributed by atoms with Gasteiger partial charge in [-0.15, -0.1) is 36.2 Å². The summed E-state index contributed by atoms with van der Waals surface area (Å²) in [6.45, 7) is 2.18. The number of aromatic nitrogens is 1. The largest absolute Gasteiger partial charge is 0.245 e. The molecule has 0 spiro atoms. The van der Waals surface area contributed by atoms with Crippen LogP contribution in [0.4, 0.5) is 0 Å². The van der Waals surface area contributed by atoms with Gasteiger partial charge in [0.2, 0.25) is 0 Å². The van der Waals surface area contributed by atoms with Gasteiger partial charge in [0.1, 0.15) is 5.01 Å². The zero-order chi connectivity index (χ0) is 13.1. The molecule has 0 saturated heterocycles. The van der Waals surface area contributed by atoms with Crippen LogP contribution in [0, 0.1) is 0 Å². The van der Waals surface area contributed by atoms with Crippen molar-refractivity contribution in [3.05, 3.63) is 65.7 Å². The number of thiazole rings is 1. The highest BCUT2D eigenvalue weighted by atomic mass is 35.5. The van der Waals surface area contributed by atoms with E-state index in [0.717, 1.165) is 11.4 Å². The number of halogens is 2. The molecule has 3 rings (SSSR count). The molecule has 0 radical (unpaired) electrons. The Kier molecular flexibility index (Phi) is 6.90. The van der Waals surface area contributed by atoms with Crippen LogP contribution in [-0.2, 0) is 6.42 Å². The maximum Gasteiger partial charge on any atom is 0.123 e. The second-order valence-electron chi connectivity index (χ2n) is 4.47. The van der Waals surface area contributed by atoms with Crippen molar-refractivity contribution in [3.63, 3.8) is 0 Å². The molecule has 0 amide bonds. The van der Waals surface area contributed by atoms with Gasteiger partial charge >= 0.3 is 0 Å². The van der Waals surface area contributed by atoms with Crippen LogP contribution >= 0.6 is 36.2 Å². The molecule has 0 bridgehead atoms. The predicted octanol–water partition coefficient (Wildman–Crippen LogP) is 5.88. The van der Waals surface area contributed by atoms with E-state index in [2.05, 4.69) is 60.4 Å². The molecule has 4 heteroatoms. The second kappa shape index (κ2) is 8.18. The van der Waals surface area contributed by atoms with E-state index in [1.165, 1.54) is 22.3 Å². The van der Waals surface area contributed by atoms with Gasteiger partial charge in [-0.1, -0.05) is 55.5 Å². The van der Waals surface area contributed by atoms with Crippen molar-refractivity contribution < 1.29 is 0 Å². The molecular formula is C17H17Cl2NS.